The summed E-state index contributed by atoms with van der Waals surface area (Å²) in [7, 11) is 1.69. The predicted octanol–water partition coefficient (Wildman–Crippen LogP) is 2.59. The van der Waals surface area contributed by atoms with Gasteiger partial charge in [0, 0.05) is 32.7 Å². The number of likely N-dealkylation sites (tertiary alicyclic amines) is 1. The average Bonchev–Trinajstić information content (AvgIpc) is 3.23. The number of halogens is 3. The van der Waals surface area contributed by atoms with E-state index < -0.39 is 12.7 Å². The van der Waals surface area contributed by atoms with Crippen LogP contribution in [0.1, 0.15) is 24.3 Å². The highest BCUT2D eigenvalue weighted by Gasteiger charge is 2.38. The fourth-order valence-electron chi connectivity index (χ4n) is 3.55. The Balaban J connectivity index is 1.40. The highest BCUT2D eigenvalue weighted by molar-refractivity contribution is 5.80. The maximum atomic E-state index is 12.5. The Hall–Kier alpha value is -1.76. The monoisotopic (exact) mass is 354 g/mol. The van der Waals surface area contributed by atoms with Crippen LogP contribution in [0.2, 0.25) is 0 Å². The standard InChI is InChI=1S/C18H25F3N4/c1-22-17(24-15-7-8-25(11-15)12-18(19,20)21)23-10-14-9-16(14)13-5-3-2-4-6-13/h2-6,14-16H,7-12H2,1H3,(H2,22,23,24). The van der Waals surface area contributed by atoms with E-state index in [2.05, 4.69) is 39.9 Å². The van der Waals surface area contributed by atoms with E-state index in [0.717, 1.165) is 13.0 Å². The number of nitrogens with one attached hydrogen (secondary N) is 2. The molecule has 0 radical (unpaired) electrons. The molecule has 1 aromatic carbocycles. The van der Waals surface area contributed by atoms with Gasteiger partial charge >= 0.3 is 6.18 Å². The molecule has 7 heteroatoms. The van der Waals surface area contributed by atoms with Gasteiger partial charge in [0.2, 0.25) is 0 Å². The molecule has 2 N–H and O–H groups in total. The molecule has 1 saturated carbocycles. The number of benzene rings is 1. The Bertz CT molecular complexity index is 588. The van der Waals surface area contributed by atoms with Crippen molar-refractivity contribution < 1.29 is 13.2 Å². The molecule has 3 rings (SSSR count). The largest absolute Gasteiger partial charge is 0.401 e. The summed E-state index contributed by atoms with van der Waals surface area (Å²) in [5.41, 5.74) is 1.37. The first kappa shape index (κ1) is 18.0. The normalized spacial score (nSPS) is 27.4. The molecule has 2 aliphatic rings. The van der Waals surface area contributed by atoms with E-state index in [-0.39, 0.29) is 6.04 Å². The summed E-state index contributed by atoms with van der Waals surface area (Å²) in [6.45, 7) is 0.861. The molecule has 0 spiro atoms. The van der Waals surface area contributed by atoms with Crippen molar-refractivity contribution in [2.75, 3.05) is 33.2 Å². The smallest absolute Gasteiger partial charge is 0.356 e. The summed E-state index contributed by atoms with van der Waals surface area (Å²) in [4.78, 5) is 5.64. The lowest BCUT2D eigenvalue weighted by atomic mass is 10.1. The molecular formula is C18H25F3N4. The summed E-state index contributed by atoms with van der Waals surface area (Å²) in [5, 5.41) is 6.57. The Labute approximate surface area is 146 Å². The van der Waals surface area contributed by atoms with Crippen molar-refractivity contribution in [3.63, 3.8) is 0 Å². The Kier molecular flexibility index (Phi) is 5.51. The molecule has 0 bridgehead atoms. The van der Waals surface area contributed by atoms with Gasteiger partial charge in [0.15, 0.2) is 5.96 Å². The zero-order chi connectivity index (χ0) is 17.9. The van der Waals surface area contributed by atoms with Crippen molar-refractivity contribution in [3.05, 3.63) is 35.9 Å². The molecule has 138 valence electrons. The minimum absolute atomic E-state index is 0.0117. The van der Waals surface area contributed by atoms with Crippen LogP contribution in [0.15, 0.2) is 35.3 Å². The zero-order valence-electron chi connectivity index (χ0n) is 14.4. The quantitative estimate of drug-likeness (QED) is 0.631. The third-order valence-electron chi connectivity index (χ3n) is 4.92. The SMILES string of the molecule is CN=C(NCC1CC1c1ccccc1)NC1CCN(CC(F)(F)F)C1. The Morgan fingerprint density at radius 3 is 2.72 bits per heavy atom. The van der Waals surface area contributed by atoms with Gasteiger partial charge in [-0.15, -0.1) is 0 Å². The first-order valence-electron chi connectivity index (χ1n) is 8.76. The predicted molar refractivity (Wildman–Crippen MR) is 92.7 cm³/mol. The zero-order valence-corrected chi connectivity index (χ0v) is 14.4. The third kappa shape index (κ3) is 5.36. The summed E-state index contributed by atoms with van der Waals surface area (Å²) in [6.07, 6.45) is -2.27. The van der Waals surface area contributed by atoms with E-state index in [4.69, 9.17) is 0 Å². The number of nitrogens with zero attached hydrogens (tertiary/aromatic N) is 2. The van der Waals surface area contributed by atoms with Crippen LogP contribution in [0.4, 0.5) is 13.2 Å². The van der Waals surface area contributed by atoms with Crippen LogP contribution in [-0.4, -0.2) is 56.3 Å². The molecule has 1 aromatic rings. The maximum absolute atomic E-state index is 12.5. The van der Waals surface area contributed by atoms with Crippen molar-refractivity contribution in [1.82, 2.24) is 15.5 Å². The Morgan fingerprint density at radius 2 is 2.04 bits per heavy atom. The van der Waals surface area contributed by atoms with Crippen molar-refractivity contribution in [2.45, 2.75) is 31.0 Å². The lowest BCUT2D eigenvalue weighted by Crippen LogP contribution is -2.45. The van der Waals surface area contributed by atoms with Gasteiger partial charge in [0.05, 0.1) is 6.54 Å². The van der Waals surface area contributed by atoms with Crippen LogP contribution >= 0.6 is 0 Å². The second kappa shape index (κ2) is 7.64. The molecule has 0 amide bonds. The summed E-state index contributed by atoms with van der Waals surface area (Å²) >= 11 is 0. The van der Waals surface area contributed by atoms with Gasteiger partial charge in [-0.3, -0.25) is 9.89 Å². The van der Waals surface area contributed by atoms with Crippen LogP contribution in [0, 0.1) is 5.92 Å². The van der Waals surface area contributed by atoms with Gasteiger partial charge in [-0.1, -0.05) is 30.3 Å². The fraction of sp³-hybridized carbons (Fsp3) is 0.611. The summed E-state index contributed by atoms with van der Waals surface area (Å²) < 4.78 is 37.4. The number of guanidine groups is 1. The lowest BCUT2D eigenvalue weighted by Gasteiger charge is -2.19. The second-order valence-electron chi connectivity index (χ2n) is 6.95. The van der Waals surface area contributed by atoms with Crippen molar-refractivity contribution in [3.8, 4) is 0 Å². The van der Waals surface area contributed by atoms with Gasteiger partial charge in [0.1, 0.15) is 0 Å². The van der Waals surface area contributed by atoms with Crippen LogP contribution in [0.25, 0.3) is 0 Å². The number of hydrogen-bond acceptors (Lipinski definition) is 2. The molecule has 3 atom stereocenters. The highest BCUT2D eigenvalue weighted by Crippen LogP contribution is 2.46. The van der Waals surface area contributed by atoms with Gasteiger partial charge < -0.3 is 10.6 Å². The molecule has 2 fully saturated rings. The molecule has 1 saturated heterocycles. The molecule has 4 nitrogen and oxygen atoms in total. The van der Waals surface area contributed by atoms with Crippen LogP contribution in [0.5, 0.6) is 0 Å². The van der Waals surface area contributed by atoms with Gasteiger partial charge in [0.25, 0.3) is 0 Å². The minimum atomic E-state index is -4.13. The summed E-state index contributed by atoms with van der Waals surface area (Å²) in [5.74, 6) is 1.87. The number of rotatable bonds is 5. The maximum Gasteiger partial charge on any atom is 0.401 e. The van der Waals surface area contributed by atoms with Gasteiger partial charge in [-0.25, -0.2) is 0 Å². The van der Waals surface area contributed by atoms with Gasteiger partial charge in [-0.05, 0) is 30.2 Å². The van der Waals surface area contributed by atoms with Crippen LogP contribution in [0.3, 0.4) is 0 Å². The minimum Gasteiger partial charge on any atom is -0.356 e. The molecule has 1 aliphatic heterocycles. The number of hydrogen-bond donors (Lipinski definition) is 2. The lowest BCUT2D eigenvalue weighted by molar-refractivity contribution is -0.143. The topological polar surface area (TPSA) is 39.7 Å². The molecule has 25 heavy (non-hydrogen) atoms. The molecule has 1 aliphatic carbocycles. The van der Waals surface area contributed by atoms with Crippen LogP contribution in [-0.2, 0) is 0 Å². The first-order valence-corrected chi connectivity index (χ1v) is 8.76. The van der Waals surface area contributed by atoms with E-state index in [1.807, 2.05) is 6.07 Å². The van der Waals surface area contributed by atoms with E-state index in [1.165, 1.54) is 10.5 Å². The van der Waals surface area contributed by atoms with Crippen LogP contribution < -0.4 is 10.6 Å². The number of aliphatic imine (C=N–C) groups is 1. The Morgan fingerprint density at radius 1 is 1.28 bits per heavy atom. The van der Waals surface area contributed by atoms with E-state index in [1.54, 1.807) is 7.05 Å². The van der Waals surface area contributed by atoms with Crippen molar-refractivity contribution in [1.29, 1.82) is 0 Å². The van der Waals surface area contributed by atoms with Crippen molar-refractivity contribution >= 4 is 5.96 Å². The van der Waals surface area contributed by atoms with E-state index in [9.17, 15) is 13.2 Å². The van der Waals surface area contributed by atoms with E-state index >= 15 is 0 Å². The van der Waals surface area contributed by atoms with Crippen molar-refractivity contribution in [2.24, 2.45) is 10.9 Å². The fourth-order valence-corrected chi connectivity index (χ4v) is 3.55. The average molecular weight is 354 g/mol. The summed E-state index contributed by atoms with van der Waals surface area (Å²) in [6, 6.07) is 10.5. The van der Waals surface area contributed by atoms with E-state index in [0.29, 0.717) is 37.3 Å². The second-order valence-corrected chi connectivity index (χ2v) is 6.95. The molecular weight excluding hydrogens is 329 g/mol. The first-order chi connectivity index (χ1) is 11.9. The molecule has 1 heterocycles. The number of alkyl halides is 3. The third-order valence-corrected chi connectivity index (χ3v) is 4.92. The highest BCUT2D eigenvalue weighted by atomic mass is 19.4. The van der Waals surface area contributed by atoms with Gasteiger partial charge in [-0.2, -0.15) is 13.2 Å². The molecule has 0 aromatic heterocycles. The molecule has 3 unspecified atom stereocenters.